The zero-order valence-electron chi connectivity index (χ0n) is 12.6. The lowest BCUT2D eigenvalue weighted by Gasteiger charge is -2.00. The number of para-hydroxylation sites is 1. The molecule has 5 nitrogen and oxygen atoms in total. The zero-order chi connectivity index (χ0) is 16.6. The first-order chi connectivity index (χ1) is 10.9. The number of amides is 1. The number of sulfone groups is 1. The van der Waals surface area contributed by atoms with Crippen molar-refractivity contribution >= 4 is 37.3 Å². The van der Waals surface area contributed by atoms with Gasteiger partial charge in [-0.2, -0.15) is 4.99 Å². The van der Waals surface area contributed by atoms with Gasteiger partial charge in [-0.3, -0.25) is 4.79 Å². The first kappa shape index (κ1) is 15.6. The Hall–Kier alpha value is -2.25. The lowest BCUT2D eigenvalue weighted by Crippen LogP contribution is -2.13. The molecule has 3 rings (SSSR count). The molecule has 0 fully saturated rings. The van der Waals surface area contributed by atoms with Crippen LogP contribution in [-0.4, -0.2) is 25.1 Å². The first-order valence-corrected chi connectivity index (χ1v) is 9.51. The Labute approximate surface area is 137 Å². The molecule has 0 radical (unpaired) electrons. The number of nitrogens with zero attached hydrogens (tertiary/aromatic N) is 2. The highest BCUT2D eigenvalue weighted by Gasteiger charge is 2.11. The van der Waals surface area contributed by atoms with Crippen molar-refractivity contribution in [1.29, 1.82) is 0 Å². The van der Waals surface area contributed by atoms with Crippen LogP contribution in [0.3, 0.4) is 0 Å². The number of carbonyl (C=O) groups is 1. The number of rotatable bonds is 2. The highest BCUT2D eigenvalue weighted by Crippen LogP contribution is 2.16. The fourth-order valence-electron chi connectivity index (χ4n) is 2.20. The van der Waals surface area contributed by atoms with Crippen LogP contribution in [0.15, 0.2) is 58.4 Å². The molecule has 3 aromatic rings. The zero-order valence-corrected chi connectivity index (χ0v) is 14.2. The van der Waals surface area contributed by atoms with Gasteiger partial charge in [0.1, 0.15) is 0 Å². The third-order valence-electron chi connectivity index (χ3n) is 3.42. The van der Waals surface area contributed by atoms with E-state index in [1.807, 2.05) is 35.9 Å². The largest absolute Gasteiger partial charge is 0.319 e. The second-order valence-electron chi connectivity index (χ2n) is 5.13. The molecular weight excluding hydrogens is 332 g/mol. The van der Waals surface area contributed by atoms with E-state index in [9.17, 15) is 13.2 Å². The summed E-state index contributed by atoms with van der Waals surface area (Å²) in [6.07, 6.45) is 1.11. The Bertz CT molecular complexity index is 1080. The smallest absolute Gasteiger partial charge is 0.279 e. The lowest BCUT2D eigenvalue weighted by atomic mass is 10.2. The average Bonchev–Trinajstić information content (AvgIpc) is 2.83. The minimum Gasteiger partial charge on any atom is -0.319 e. The Morgan fingerprint density at radius 2 is 1.87 bits per heavy atom. The summed E-state index contributed by atoms with van der Waals surface area (Å²) in [5.74, 6) is -0.461. The highest BCUT2D eigenvalue weighted by atomic mass is 32.2. The quantitative estimate of drug-likeness (QED) is 0.715. The fraction of sp³-hybridized carbons (Fsp3) is 0.125. The van der Waals surface area contributed by atoms with E-state index in [0.717, 1.165) is 16.5 Å². The van der Waals surface area contributed by atoms with Crippen LogP contribution in [0.1, 0.15) is 10.4 Å². The number of hydrogen-bond acceptors (Lipinski definition) is 4. The van der Waals surface area contributed by atoms with Gasteiger partial charge in [0.25, 0.3) is 5.91 Å². The topological polar surface area (TPSA) is 68.5 Å². The number of thiazole rings is 1. The second kappa shape index (κ2) is 5.75. The number of carbonyl (C=O) groups excluding carboxylic acids is 1. The van der Waals surface area contributed by atoms with Crippen molar-refractivity contribution < 1.29 is 13.2 Å². The van der Waals surface area contributed by atoms with Gasteiger partial charge in [0.2, 0.25) is 0 Å². The van der Waals surface area contributed by atoms with Gasteiger partial charge < -0.3 is 4.57 Å². The minimum atomic E-state index is -3.36. The summed E-state index contributed by atoms with van der Waals surface area (Å²) < 4.78 is 26.1. The van der Waals surface area contributed by atoms with Gasteiger partial charge in [0.15, 0.2) is 14.6 Å². The second-order valence-corrected chi connectivity index (χ2v) is 8.15. The molecule has 0 aliphatic heterocycles. The molecule has 0 bridgehead atoms. The van der Waals surface area contributed by atoms with Crippen molar-refractivity contribution in [2.24, 2.45) is 12.0 Å². The molecular formula is C16H14N2O3S2. The maximum Gasteiger partial charge on any atom is 0.279 e. The van der Waals surface area contributed by atoms with Crippen LogP contribution in [0.5, 0.6) is 0 Å². The summed E-state index contributed by atoms with van der Waals surface area (Å²) in [6, 6.07) is 13.7. The van der Waals surface area contributed by atoms with E-state index in [2.05, 4.69) is 4.99 Å². The number of aromatic nitrogens is 1. The average molecular weight is 346 g/mol. The van der Waals surface area contributed by atoms with Gasteiger partial charge in [-0.25, -0.2) is 8.42 Å². The van der Waals surface area contributed by atoms with Gasteiger partial charge in [0.05, 0.1) is 15.1 Å². The summed E-state index contributed by atoms with van der Waals surface area (Å²) in [4.78, 5) is 17.2. The van der Waals surface area contributed by atoms with Gasteiger partial charge in [-0.05, 0) is 30.3 Å². The number of hydrogen-bond donors (Lipinski definition) is 0. The Morgan fingerprint density at radius 1 is 1.13 bits per heavy atom. The van der Waals surface area contributed by atoms with E-state index >= 15 is 0 Å². The van der Waals surface area contributed by atoms with E-state index in [1.54, 1.807) is 12.1 Å². The van der Waals surface area contributed by atoms with E-state index in [4.69, 9.17) is 0 Å². The SMILES string of the molecule is Cn1c(=NC(=O)c2cccc(S(C)(=O)=O)c2)sc2ccccc21. The van der Waals surface area contributed by atoms with Gasteiger partial charge in [-0.1, -0.05) is 29.5 Å². The Morgan fingerprint density at radius 3 is 2.57 bits per heavy atom. The van der Waals surface area contributed by atoms with Crippen LogP contribution in [0.4, 0.5) is 0 Å². The van der Waals surface area contributed by atoms with Crippen LogP contribution in [0.25, 0.3) is 10.2 Å². The molecule has 0 spiro atoms. The van der Waals surface area contributed by atoms with Crippen LogP contribution >= 0.6 is 11.3 Å². The van der Waals surface area contributed by atoms with Crippen LogP contribution in [-0.2, 0) is 16.9 Å². The highest BCUT2D eigenvalue weighted by molar-refractivity contribution is 7.90. The predicted octanol–water partition coefficient (Wildman–Crippen LogP) is 2.38. The Kier molecular flexibility index (Phi) is 3.91. The van der Waals surface area contributed by atoms with Gasteiger partial charge in [-0.15, -0.1) is 0 Å². The first-order valence-electron chi connectivity index (χ1n) is 6.80. The van der Waals surface area contributed by atoms with E-state index in [1.165, 1.54) is 23.5 Å². The summed E-state index contributed by atoms with van der Waals surface area (Å²) in [5.41, 5.74) is 1.25. The summed E-state index contributed by atoms with van der Waals surface area (Å²) >= 11 is 1.41. The molecule has 7 heteroatoms. The monoisotopic (exact) mass is 346 g/mol. The summed E-state index contributed by atoms with van der Waals surface area (Å²) in [6.45, 7) is 0. The standard InChI is InChI=1S/C16H14N2O3S2/c1-18-13-8-3-4-9-14(13)22-16(18)17-15(19)11-6-5-7-12(10-11)23(2,20)21/h3-10H,1-2H3. The summed E-state index contributed by atoms with van der Waals surface area (Å²) in [7, 11) is -1.51. The molecule has 118 valence electrons. The molecule has 1 aromatic heterocycles. The fourth-order valence-corrected chi connectivity index (χ4v) is 3.88. The molecule has 1 heterocycles. The molecule has 0 N–H and O–H groups in total. The molecule has 0 aliphatic carbocycles. The molecule has 0 atom stereocenters. The van der Waals surface area contributed by atoms with Gasteiger partial charge in [0, 0.05) is 18.9 Å². The molecule has 1 amide bonds. The van der Waals surface area contributed by atoms with Crippen LogP contribution in [0.2, 0.25) is 0 Å². The molecule has 2 aromatic carbocycles. The van der Waals surface area contributed by atoms with Gasteiger partial charge >= 0.3 is 0 Å². The number of benzene rings is 2. The van der Waals surface area contributed by atoms with Crippen LogP contribution < -0.4 is 4.80 Å². The molecule has 0 saturated heterocycles. The minimum absolute atomic E-state index is 0.110. The van der Waals surface area contributed by atoms with Crippen molar-refractivity contribution in [3.05, 3.63) is 58.9 Å². The third-order valence-corrected chi connectivity index (χ3v) is 5.64. The summed E-state index contributed by atoms with van der Waals surface area (Å²) in [5, 5.41) is 0. The molecule has 23 heavy (non-hydrogen) atoms. The van der Waals surface area contributed by atoms with Crippen molar-refractivity contribution in [2.45, 2.75) is 4.90 Å². The van der Waals surface area contributed by atoms with Crippen molar-refractivity contribution in [3.63, 3.8) is 0 Å². The predicted molar refractivity (Wildman–Crippen MR) is 90.2 cm³/mol. The normalized spacial score (nSPS) is 12.7. The van der Waals surface area contributed by atoms with E-state index < -0.39 is 15.7 Å². The van der Waals surface area contributed by atoms with Crippen molar-refractivity contribution in [2.75, 3.05) is 6.26 Å². The van der Waals surface area contributed by atoms with Crippen molar-refractivity contribution in [3.8, 4) is 0 Å². The maximum absolute atomic E-state index is 12.4. The third kappa shape index (κ3) is 3.11. The molecule has 0 unspecified atom stereocenters. The number of aryl methyl sites for hydroxylation is 1. The molecule has 0 aliphatic rings. The van der Waals surface area contributed by atoms with Crippen molar-refractivity contribution in [1.82, 2.24) is 4.57 Å². The van der Waals surface area contributed by atoms with E-state index in [0.29, 0.717) is 4.80 Å². The van der Waals surface area contributed by atoms with Crippen LogP contribution in [0, 0.1) is 0 Å². The van der Waals surface area contributed by atoms with E-state index in [-0.39, 0.29) is 10.5 Å². The lowest BCUT2D eigenvalue weighted by molar-refractivity contribution is 0.0997. The number of fused-ring (bicyclic) bond motifs is 1. The Balaban J connectivity index is 2.08. The maximum atomic E-state index is 12.4. The molecule has 0 saturated carbocycles.